The van der Waals surface area contributed by atoms with Crippen LogP contribution in [0.25, 0.3) is 0 Å². The van der Waals surface area contributed by atoms with Crippen LogP contribution in [0.2, 0.25) is 0 Å². The number of benzene rings is 2. The number of aromatic hydroxyl groups is 1. The van der Waals surface area contributed by atoms with Gasteiger partial charge in [0.15, 0.2) is 11.5 Å². The minimum atomic E-state index is -1.10. The molecule has 0 unspecified atom stereocenters. The van der Waals surface area contributed by atoms with Crippen molar-refractivity contribution in [1.82, 2.24) is 4.90 Å². The number of amides is 1. The molecule has 0 fully saturated rings. The van der Waals surface area contributed by atoms with Crippen LogP contribution < -0.4 is 9.47 Å². The maximum Gasteiger partial charge on any atom is 0.260 e. The van der Waals surface area contributed by atoms with Crippen LogP contribution in [-0.2, 0) is 6.54 Å². The Hall–Kier alpha value is -2.83. The third kappa shape index (κ3) is 2.97. The second-order valence-corrected chi connectivity index (χ2v) is 5.29. The van der Waals surface area contributed by atoms with Crippen molar-refractivity contribution in [2.45, 2.75) is 13.5 Å². The molecule has 0 atom stereocenters. The van der Waals surface area contributed by atoms with Crippen LogP contribution >= 0.6 is 0 Å². The van der Waals surface area contributed by atoms with E-state index in [4.69, 9.17) is 9.47 Å². The Kier molecular flexibility index (Phi) is 4.24. The zero-order chi connectivity index (χ0) is 17.3. The second-order valence-electron chi connectivity index (χ2n) is 5.29. The zero-order valence-corrected chi connectivity index (χ0v) is 12.9. The number of nitrogens with zero attached hydrogens (tertiary/aromatic N) is 1. The fraction of sp³-hybridized carbons (Fsp3) is 0.235. The van der Waals surface area contributed by atoms with Crippen LogP contribution in [0.1, 0.15) is 22.8 Å². The Balaban J connectivity index is 1.85. The monoisotopic (exact) mass is 335 g/mol. The summed E-state index contributed by atoms with van der Waals surface area (Å²) >= 11 is 0. The summed E-state index contributed by atoms with van der Waals surface area (Å²) in [5.74, 6) is -2.28. The fourth-order valence-corrected chi connectivity index (χ4v) is 2.52. The van der Waals surface area contributed by atoms with Gasteiger partial charge in [-0.1, -0.05) is 6.07 Å². The van der Waals surface area contributed by atoms with Crippen molar-refractivity contribution < 1.29 is 28.2 Å². The van der Waals surface area contributed by atoms with E-state index in [-0.39, 0.29) is 19.9 Å². The molecule has 0 saturated carbocycles. The number of carbonyl (C=O) groups is 1. The average Bonchev–Trinajstić information content (AvgIpc) is 2.99. The minimum Gasteiger partial charge on any atom is -0.507 e. The number of halogens is 2. The first-order valence-electron chi connectivity index (χ1n) is 7.35. The van der Waals surface area contributed by atoms with Gasteiger partial charge in [-0.15, -0.1) is 0 Å². The van der Waals surface area contributed by atoms with Gasteiger partial charge in [-0.25, -0.2) is 8.78 Å². The summed E-state index contributed by atoms with van der Waals surface area (Å²) in [6, 6.07) is 6.52. The minimum absolute atomic E-state index is 0.143. The van der Waals surface area contributed by atoms with Gasteiger partial charge in [-0.05, 0) is 24.6 Å². The van der Waals surface area contributed by atoms with E-state index in [0.29, 0.717) is 23.6 Å². The predicted molar refractivity (Wildman–Crippen MR) is 81.0 cm³/mol. The molecule has 3 rings (SSSR count). The molecule has 1 heterocycles. The summed E-state index contributed by atoms with van der Waals surface area (Å²) in [5, 5.41) is 9.72. The number of fused-ring (bicyclic) bond motifs is 1. The van der Waals surface area contributed by atoms with Crippen molar-refractivity contribution in [2.75, 3.05) is 13.3 Å². The van der Waals surface area contributed by atoms with Crippen molar-refractivity contribution in [3.63, 3.8) is 0 Å². The summed E-state index contributed by atoms with van der Waals surface area (Å²) in [4.78, 5) is 13.9. The lowest BCUT2D eigenvalue weighted by atomic mass is 10.1. The lowest BCUT2D eigenvalue weighted by molar-refractivity contribution is 0.0744. The molecular formula is C17H15F2NO4. The number of carbonyl (C=O) groups excluding carboxylic acids is 1. The maximum atomic E-state index is 13.9. The summed E-state index contributed by atoms with van der Waals surface area (Å²) in [6.45, 7) is 2.33. The highest BCUT2D eigenvalue weighted by atomic mass is 19.1. The average molecular weight is 335 g/mol. The highest BCUT2D eigenvalue weighted by Gasteiger charge is 2.24. The highest BCUT2D eigenvalue weighted by Crippen LogP contribution is 2.33. The molecule has 2 aromatic rings. The fourth-order valence-electron chi connectivity index (χ4n) is 2.52. The van der Waals surface area contributed by atoms with Gasteiger partial charge in [0.05, 0.1) is 0 Å². The maximum absolute atomic E-state index is 13.9. The van der Waals surface area contributed by atoms with Crippen LogP contribution in [0.3, 0.4) is 0 Å². The summed E-state index contributed by atoms with van der Waals surface area (Å²) < 4.78 is 37.5. The quantitative estimate of drug-likeness (QED) is 0.933. The smallest absolute Gasteiger partial charge is 0.260 e. The zero-order valence-electron chi connectivity index (χ0n) is 12.9. The largest absolute Gasteiger partial charge is 0.507 e. The van der Waals surface area contributed by atoms with Crippen molar-refractivity contribution in [3.05, 3.63) is 53.1 Å². The van der Waals surface area contributed by atoms with Crippen LogP contribution in [0.4, 0.5) is 8.78 Å². The van der Waals surface area contributed by atoms with E-state index < -0.39 is 28.9 Å². The Bertz CT molecular complexity index is 771. The highest BCUT2D eigenvalue weighted by molar-refractivity contribution is 5.97. The molecule has 0 bridgehead atoms. The van der Waals surface area contributed by atoms with Gasteiger partial charge in [0.1, 0.15) is 22.9 Å². The molecule has 1 aliphatic heterocycles. The van der Waals surface area contributed by atoms with Crippen molar-refractivity contribution >= 4 is 5.91 Å². The predicted octanol–water partition coefficient (Wildman–Crippen LogP) is 3.06. The third-order valence-electron chi connectivity index (χ3n) is 3.73. The number of hydrogen-bond donors (Lipinski definition) is 1. The topological polar surface area (TPSA) is 59.0 Å². The van der Waals surface area contributed by atoms with Crippen molar-refractivity contribution in [1.29, 1.82) is 0 Å². The van der Waals surface area contributed by atoms with E-state index >= 15 is 0 Å². The molecule has 1 amide bonds. The Morgan fingerprint density at radius 3 is 2.67 bits per heavy atom. The number of phenols is 1. The van der Waals surface area contributed by atoms with Gasteiger partial charge < -0.3 is 19.5 Å². The molecule has 1 aliphatic rings. The summed E-state index contributed by atoms with van der Waals surface area (Å²) in [5.41, 5.74) is 0.218. The van der Waals surface area contributed by atoms with Gasteiger partial charge in [0.2, 0.25) is 6.79 Å². The van der Waals surface area contributed by atoms with Crippen LogP contribution in [0, 0.1) is 11.6 Å². The molecule has 1 N–H and O–H groups in total. The van der Waals surface area contributed by atoms with Gasteiger partial charge in [-0.2, -0.15) is 0 Å². The SMILES string of the molecule is CCN(Cc1ccc2c(c1)OCO2)C(=O)c1c(O)cc(F)cc1F. The molecule has 126 valence electrons. The van der Waals surface area contributed by atoms with Crippen molar-refractivity contribution in [3.8, 4) is 17.2 Å². The van der Waals surface area contributed by atoms with Crippen LogP contribution in [-0.4, -0.2) is 29.3 Å². The first-order chi connectivity index (χ1) is 11.5. The van der Waals surface area contributed by atoms with Gasteiger partial charge >= 0.3 is 0 Å². The third-order valence-corrected chi connectivity index (χ3v) is 3.73. The summed E-state index contributed by atoms with van der Waals surface area (Å²) in [6.07, 6.45) is 0. The first-order valence-corrected chi connectivity index (χ1v) is 7.35. The lowest BCUT2D eigenvalue weighted by Gasteiger charge is -2.22. The first kappa shape index (κ1) is 16.0. The molecule has 0 aromatic heterocycles. The molecule has 0 aliphatic carbocycles. The van der Waals surface area contributed by atoms with E-state index in [0.717, 1.165) is 5.56 Å². The number of rotatable bonds is 4. The van der Waals surface area contributed by atoms with Crippen LogP contribution in [0.5, 0.6) is 17.2 Å². The molecule has 5 nitrogen and oxygen atoms in total. The number of hydrogen-bond acceptors (Lipinski definition) is 4. The van der Waals surface area contributed by atoms with Gasteiger partial charge in [0, 0.05) is 25.2 Å². The summed E-state index contributed by atoms with van der Waals surface area (Å²) in [7, 11) is 0. The molecule has 2 aromatic carbocycles. The van der Waals surface area contributed by atoms with Crippen LogP contribution in [0.15, 0.2) is 30.3 Å². The van der Waals surface area contributed by atoms with E-state index in [1.165, 1.54) is 4.90 Å². The molecular weight excluding hydrogens is 320 g/mol. The molecule has 7 heteroatoms. The van der Waals surface area contributed by atoms with E-state index in [1.54, 1.807) is 25.1 Å². The Labute approximate surface area is 137 Å². The Morgan fingerprint density at radius 2 is 1.96 bits per heavy atom. The molecule has 0 spiro atoms. The normalized spacial score (nSPS) is 12.3. The molecule has 0 radical (unpaired) electrons. The van der Waals surface area contributed by atoms with E-state index in [1.807, 2.05) is 0 Å². The van der Waals surface area contributed by atoms with E-state index in [2.05, 4.69) is 0 Å². The standard InChI is InChI=1S/C17H15F2NO4/c1-2-20(8-10-3-4-14-15(5-10)24-9-23-14)17(22)16-12(19)6-11(18)7-13(16)21/h3-7,21H,2,8-9H2,1H3. The lowest BCUT2D eigenvalue weighted by Crippen LogP contribution is -2.31. The van der Waals surface area contributed by atoms with Gasteiger partial charge in [0.25, 0.3) is 5.91 Å². The van der Waals surface area contributed by atoms with Crippen molar-refractivity contribution in [2.24, 2.45) is 0 Å². The Morgan fingerprint density at radius 1 is 1.21 bits per heavy atom. The molecule has 24 heavy (non-hydrogen) atoms. The molecule has 0 saturated heterocycles. The number of phenolic OH excluding ortho intramolecular Hbond substituents is 1. The second kappa shape index (κ2) is 6.35. The number of ether oxygens (including phenoxy) is 2. The van der Waals surface area contributed by atoms with E-state index in [9.17, 15) is 18.7 Å². The van der Waals surface area contributed by atoms with Gasteiger partial charge in [-0.3, -0.25) is 4.79 Å².